The zero-order chi connectivity index (χ0) is 21.7. The molecule has 0 saturated carbocycles. The van der Waals surface area contributed by atoms with Crippen LogP contribution in [0.3, 0.4) is 0 Å². The summed E-state index contributed by atoms with van der Waals surface area (Å²) in [6.45, 7) is 8.93. The lowest BCUT2D eigenvalue weighted by Gasteiger charge is -2.32. The van der Waals surface area contributed by atoms with E-state index >= 15 is 0 Å². The minimum absolute atomic E-state index is 0.107. The average molecular weight is 428 g/mol. The number of aliphatic hydroxyl groups excluding tert-OH is 1. The van der Waals surface area contributed by atoms with E-state index in [1.165, 1.54) is 83.5 Å². The standard InChI is InChI=1S/C26H53NO3/c1-3-5-7-9-11-13-15-17-23-30-26(24-27-20-18-25(28)19-21-27)29-22-16-14-12-10-8-6-4-2/h25-26,28H,3-24H2,1-2H3. The molecule has 1 unspecified atom stereocenters. The molecule has 0 bridgehead atoms. The van der Waals surface area contributed by atoms with Crippen molar-refractivity contribution in [3.05, 3.63) is 0 Å². The second-order valence-corrected chi connectivity index (χ2v) is 9.30. The first-order valence-corrected chi connectivity index (χ1v) is 13.4. The van der Waals surface area contributed by atoms with E-state index in [4.69, 9.17) is 9.47 Å². The van der Waals surface area contributed by atoms with Gasteiger partial charge >= 0.3 is 0 Å². The number of hydrogen-bond donors (Lipinski definition) is 1. The Morgan fingerprint density at radius 3 is 1.50 bits per heavy atom. The van der Waals surface area contributed by atoms with Crippen LogP contribution in [0.5, 0.6) is 0 Å². The molecule has 1 heterocycles. The maximum Gasteiger partial charge on any atom is 0.170 e. The lowest BCUT2D eigenvalue weighted by molar-refractivity contribution is -0.157. The van der Waals surface area contributed by atoms with Crippen LogP contribution in [0.1, 0.15) is 123 Å². The van der Waals surface area contributed by atoms with Crippen LogP contribution in [0.15, 0.2) is 0 Å². The molecule has 1 aliphatic heterocycles. The van der Waals surface area contributed by atoms with Crippen LogP contribution in [0, 0.1) is 0 Å². The molecular formula is C26H53NO3. The van der Waals surface area contributed by atoms with Crippen LogP contribution in [0.2, 0.25) is 0 Å². The maximum absolute atomic E-state index is 9.74. The molecule has 1 N–H and O–H groups in total. The number of hydrogen-bond acceptors (Lipinski definition) is 4. The molecule has 4 heteroatoms. The van der Waals surface area contributed by atoms with Crippen molar-refractivity contribution >= 4 is 0 Å². The Bertz CT molecular complexity index is 345. The van der Waals surface area contributed by atoms with Gasteiger partial charge < -0.3 is 14.6 Å². The van der Waals surface area contributed by atoms with Gasteiger partial charge in [0.2, 0.25) is 0 Å². The zero-order valence-electron chi connectivity index (χ0n) is 20.4. The van der Waals surface area contributed by atoms with Gasteiger partial charge in [-0.2, -0.15) is 0 Å². The molecule has 1 saturated heterocycles. The first-order chi connectivity index (χ1) is 14.8. The van der Waals surface area contributed by atoms with Crippen molar-refractivity contribution < 1.29 is 14.6 Å². The van der Waals surface area contributed by atoms with Crippen LogP contribution in [0.25, 0.3) is 0 Å². The Hall–Kier alpha value is -0.160. The highest BCUT2D eigenvalue weighted by molar-refractivity contribution is 4.72. The molecule has 4 nitrogen and oxygen atoms in total. The average Bonchev–Trinajstić information content (AvgIpc) is 2.75. The van der Waals surface area contributed by atoms with Gasteiger partial charge in [-0.1, -0.05) is 97.3 Å². The van der Waals surface area contributed by atoms with E-state index in [0.29, 0.717) is 0 Å². The number of likely N-dealkylation sites (tertiary alicyclic amines) is 1. The van der Waals surface area contributed by atoms with E-state index < -0.39 is 0 Å². The second-order valence-electron chi connectivity index (χ2n) is 9.30. The largest absolute Gasteiger partial charge is 0.393 e. The fourth-order valence-corrected chi connectivity index (χ4v) is 4.19. The Kier molecular flexibility index (Phi) is 19.3. The summed E-state index contributed by atoms with van der Waals surface area (Å²) in [4.78, 5) is 2.40. The van der Waals surface area contributed by atoms with E-state index in [-0.39, 0.29) is 12.4 Å². The molecule has 1 rings (SSSR count). The van der Waals surface area contributed by atoms with E-state index in [1.807, 2.05) is 0 Å². The molecule has 180 valence electrons. The van der Waals surface area contributed by atoms with Gasteiger partial charge in [-0.15, -0.1) is 0 Å². The van der Waals surface area contributed by atoms with Crippen molar-refractivity contribution in [2.45, 2.75) is 135 Å². The van der Waals surface area contributed by atoms with Gasteiger partial charge in [-0.3, -0.25) is 4.90 Å². The molecule has 1 aliphatic rings. The van der Waals surface area contributed by atoms with Crippen molar-refractivity contribution in [3.8, 4) is 0 Å². The summed E-state index contributed by atoms with van der Waals surface area (Å²) in [6, 6.07) is 0. The van der Waals surface area contributed by atoms with E-state index in [0.717, 1.165) is 58.5 Å². The molecule has 30 heavy (non-hydrogen) atoms. The normalized spacial score (nSPS) is 16.9. The lowest BCUT2D eigenvalue weighted by atomic mass is 10.1. The summed E-state index contributed by atoms with van der Waals surface area (Å²) in [7, 11) is 0. The Labute approximate surface area is 188 Å². The highest BCUT2D eigenvalue weighted by Crippen LogP contribution is 2.14. The zero-order valence-corrected chi connectivity index (χ0v) is 20.4. The molecule has 1 fully saturated rings. The number of unbranched alkanes of at least 4 members (excludes halogenated alkanes) is 13. The van der Waals surface area contributed by atoms with Crippen molar-refractivity contribution in [1.82, 2.24) is 4.90 Å². The summed E-state index contributed by atoms with van der Waals surface area (Å²) >= 11 is 0. The SMILES string of the molecule is CCCCCCCCCCOC(CN1CCC(O)CC1)OCCCCCCCCC. The number of nitrogens with zero attached hydrogens (tertiary/aromatic N) is 1. The predicted octanol–water partition coefficient (Wildman–Crippen LogP) is 6.69. The fourth-order valence-electron chi connectivity index (χ4n) is 4.19. The molecule has 0 spiro atoms. The molecule has 0 aliphatic carbocycles. The van der Waals surface area contributed by atoms with Crippen LogP contribution in [0.4, 0.5) is 0 Å². The third-order valence-electron chi connectivity index (χ3n) is 6.32. The second kappa shape index (κ2) is 20.7. The molecule has 0 aromatic heterocycles. The molecule has 0 aromatic carbocycles. The first-order valence-electron chi connectivity index (χ1n) is 13.4. The summed E-state index contributed by atoms with van der Waals surface area (Å²) in [5.74, 6) is 0. The van der Waals surface area contributed by atoms with E-state index in [2.05, 4.69) is 18.7 Å². The summed E-state index contributed by atoms with van der Waals surface area (Å²) < 4.78 is 12.3. The maximum atomic E-state index is 9.74. The summed E-state index contributed by atoms with van der Waals surface area (Å²) in [5, 5.41) is 9.74. The van der Waals surface area contributed by atoms with Crippen molar-refractivity contribution in [2.24, 2.45) is 0 Å². The smallest absolute Gasteiger partial charge is 0.170 e. The highest BCUT2D eigenvalue weighted by atomic mass is 16.7. The highest BCUT2D eigenvalue weighted by Gasteiger charge is 2.21. The topological polar surface area (TPSA) is 41.9 Å². The third kappa shape index (κ3) is 16.5. The number of ether oxygens (including phenoxy) is 2. The van der Waals surface area contributed by atoms with Crippen molar-refractivity contribution in [1.29, 1.82) is 0 Å². The van der Waals surface area contributed by atoms with Crippen LogP contribution >= 0.6 is 0 Å². The Balaban J connectivity index is 2.14. The van der Waals surface area contributed by atoms with Gasteiger partial charge in [0.15, 0.2) is 6.29 Å². The monoisotopic (exact) mass is 427 g/mol. The summed E-state index contributed by atoms with van der Waals surface area (Å²) in [6.07, 6.45) is 21.3. The van der Waals surface area contributed by atoms with E-state index in [1.54, 1.807) is 0 Å². The molecule has 1 atom stereocenters. The van der Waals surface area contributed by atoms with Crippen molar-refractivity contribution in [2.75, 3.05) is 32.8 Å². The van der Waals surface area contributed by atoms with Gasteiger partial charge in [0, 0.05) is 32.8 Å². The summed E-state index contributed by atoms with van der Waals surface area (Å²) in [5.41, 5.74) is 0. The van der Waals surface area contributed by atoms with Gasteiger partial charge in [0.1, 0.15) is 0 Å². The molecule has 0 amide bonds. The van der Waals surface area contributed by atoms with E-state index in [9.17, 15) is 5.11 Å². The minimum atomic E-state index is -0.119. The predicted molar refractivity (Wildman–Crippen MR) is 128 cm³/mol. The third-order valence-corrected chi connectivity index (χ3v) is 6.32. The first kappa shape index (κ1) is 27.9. The molecule has 0 aromatic rings. The fraction of sp³-hybridized carbons (Fsp3) is 1.00. The minimum Gasteiger partial charge on any atom is -0.393 e. The Morgan fingerprint density at radius 2 is 1.07 bits per heavy atom. The molecule has 0 radical (unpaired) electrons. The van der Waals surface area contributed by atoms with Crippen LogP contribution in [-0.4, -0.2) is 55.2 Å². The van der Waals surface area contributed by atoms with Crippen molar-refractivity contribution in [3.63, 3.8) is 0 Å². The van der Waals surface area contributed by atoms with Gasteiger partial charge in [-0.05, 0) is 25.7 Å². The number of aliphatic hydroxyl groups is 1. The molecular weight excluding hydrogens is 374 g/mol. The van der Waals surface area contributed by atoms with Gasteiger partial charge in [0.25, 0.3) is 0 Å². The quantitative estimate of drug-likeness (QED) is 0.164. The van der Waals surface area contributed by atoms with Crippen LogP contribution < -0.4 is 0 Å². The lowest BCUT2D eigenvalue weighted by Crippen LogP contribution is -2.42. The van der Waals surface area contributed by atoms with Gasteiger partial charge in [0.05, 0.1) is 6.10 Å². The number of piperidine rings is 1. The van der Waals surface area contributed by atoms with Gasteiger partial charge in [-0.25, -0.2) is 0 Å². The Morgan fingerprint density at radius 1 is 0.667 bits per heavy atom. The van der Waals surface area contributed by atoms with Crippen LogP contribution in [-0.2, 0) is 9.47 Å². The number of rotatable bonds is 21.